The molecule has 2 aromatic rings. The minimum absolute atomic E-state index is 0.413. The van der Waals surface area contributed by atoms with Crippen molar-refractivity contribution in [2.24, 2.45) is 0 Å². The third kappa shape index (κ3) is 7.70. The van der Waals surface area contributed by atoms with E-state index in [9.17, 15) is 9.59 Å². The molecular weight excluding hydrogens is 360 g/mol. The summed E-state index contributed by atoms with van der Waals surface area (Å²) in [5, 5.41) is 0. The Hall–Kier alpha value is -3.02. The fraction of sp³-hybridized carbons (Fsp3) is 0.364. The molecule has 0 saturated carbocycles. The molecule has 150 valence electrons. The van der Waals surface area contributed by atoms with Crippen LogP contribution in [0.5, 0.6) is 11.5 Å². The van der Waals surface area contributed by atoms with Crippen LogP contribution >= 0.6 is 0 Å². The van der Waals surface area contributed by atoms with Crippen LogP contribution in [0.3, 0.4) is 0 Å². The first kappa shape index (κ1) is 21.3. The van der Waals surface area contributed by atoms with Gasteiger partial charge in [-0.15, -0.1) is 0 Å². The van der Waals surface area contributed by atoms with Gasteiger partial charge in [0.2, 0.25) is 0 Å². The molecule has 0 amide bonds. The van der Waals surface area contributed by atoms with E-state index in [0.29, 0.717) is 24.3 Å². The van der Waals surface area contributed by atoms with Gasteiger partial charge in [0.1, 0.15) is 22.7 Å². The van der Waals surface area contributed by atoms with Crippen LogP contribution in [-0.2, 0) is 9.47 Å². The van der Waals surface area contributed by atoms with Gasteiger partial charge in [0.25, 0.3) is 0 Å². The van der Waals surface area contributed by atoms with E-state index in [1.54, 1.807) is 76.2 Å². The summed E-state index contributed by atoms with van der Waals surface area (Å²) < 4.78 is 21.1. The maximum Gasteiger partial charge on any atom is 0.514 e. The quantitative estimate of drug-likeness (QED) is 0.445. The van der Waals surface area contributed by atoms with Crippen LogP contribution in [-0.4, -0.2) is 23.5 Å². The first-order chi connectivity index (χ1) is 13.2. The average molecular weight is 386 g/mol. The maximum atomic E-state index is 12.0. The lowest BCUT2D eigenvalue weighted by Gasteiger charge is -2.30. The number of ether oxygens (including phenoxy) is 4. The molecule has 2 rings (SSSR count). The summed E-state index contributed by atoms with van der Waals surface area (Å²) >= 11 is 0. The normalized spacial score (nSPS) is 11.4. The summed E-state index contributed by atoms with van der Waals surface area (Å²) in [5.74, 6) is 0.825. The van der Waals surface area contributed by atoms with Crippen molar-refractivity contribution in [3.05, 3.63) is 60.7 Å². The second-order valence-corrected chi connectivity index (χ2v) is 7.55. The van der Waals surface area contributed by atoms with Crippen molar-refractivity contribution < 1.29 is 28.5 Å². The summed E-state index contributed by atoms with van der Waals surface area (Å²) in [6, 6.07) is 17.4. The van der Waals surface area contributed by atoms with E-state index in [1.165, 1.54) is 0 Å². The smallest absolute Gasteiger partial charge is 0.428 e. The Kier molecular flexibility index (Phi) is 7.04. The van der Waals surface area contributed by atoms with Crippen molar-refractivity contribution in [2.75, 3.05) is 0 Å². The van der Waals surface area contributed by atoms with Gasteiger partial charge in [0.05, 0.1) is 0 Å². The number of carbonyl (C=O) groups excluding carboxylic acids is 2. The Labute approximate surface area is 165 Å². The second kappa shape index (κ2) is 9.26. The highest BCUT2D eigenvalue weighted by Gasteiger charge is 2.31. The van der Waals surface area contributed by atoms with Gasteiger partial charge in [-0.1, -0.05) is 36.4 Å². The van der Waals surface area contributed by atoms with Crippen molar-refractivity contribution in [1.29, 1.82) is 0 Å². The molecule has 0 saturated heterocycles. The van der Waals surface area contributed by atoms with Gasteiger partial charge < -0.3 is 18.9 Å². The van der Waals surface area contributed by atoms with Crippen molar-refractivity contribution in [3.8, 4) is 11.5 Å². The number of hydrogen-bond acceptors (Lipinski definition) is 6. The van der Waals surface area contributed by atoms with E-state index >= 15 is 0 Å². The molecule has 0 aliphatic rings. The monoisotopic (exact) mass is 386 g/mol. The number of hydrogen-bond donors (Lipinski definition) is 0. The predicted octanol–water partition coefficient (Wildman–Crippen LogP) is 5.76. The zero-order valence-corrected chi connectivity index (χ0v) is 16.6. The molecule has 6 nitrogen and oxygen atoms in total. The summed E-state index contributed by atoms with van der Waals surface area (Å²) in [4.78, 5) is 24.0. The largest absolute Gasteiger partial charge is 0.514 e. The van der Waals surface area contributed by atoms with Crippen LogP contribution in [0.15, 0.2) is 60.7 Å². The minimum Gasteiger partial charge on any atom is -0.428 e. The molecule has 0 aliphatic heterocycles. The fourth-order valence-electron chi connectivity index (χ4n) is 2.37. The topological polar surface area (TPSA) is 71.1 Å². The molecule has 0 radical (unpaired) electrons. The highest BCUT2D eigenvalue weighted by molar-refractivity contribution is 5.64. The Morgan fingerprint density at radius 3 is 1.29 bits per heavy atom. The van der Waals surface area contributed by atoms with Gasteiger partial charge >= 0.3 is 12.3 Å². The number of benzene rings is 2. The van der Waals surface area contributed by atoms with Gasteiger partial charge in [0.15, 0.2) is 0 Å². The van der Waals surface area contributed by atoms with Crippen molar-refractivity contribution in [1.82, 2.24) is 0 Å². The lowest BCUT2D eigenvalue weighted by atomic mass is 9.94. The Morgan fingerprint density at radius 2 is 0.964 bits per heavy atom. The number of rotatable bonds is 7. The number of carbonyl (C=O) groups is 2. The lowest BCUT2D eigenvalue weighted by Crippen LogP contribution is -2.35. The van der Waals surface area contributed by atoms with Gasteiger partial charge in [-0.2, -0.15) is 0 Å². The summed E-state index contributed by atoms with van der Waals surface area (Å²) in [5.41, 5.74) is -1.59. The molecule has 28 heavy (non-hydrogen) atoms. The van der Waals surface area contributed by atoms with Gasteiger partial charge in [-0.25, -0.2) is 9.59 Å². The highest BCUT2D eigenvalue weighted by atomic mass is 16.7. The molecule has 2 aromatic carbocycles. The molecule has 0 aliphatic carbocycles. The van der Waals surface area contributed by atoms with E-state index in [2.05, 4.69) is 0 Å². The van der Waals surface area contributed by atoms with Crippen molar-refractivity contribution in [3.63, 3.8) is 0 Å². The number of para-hydroxylation sites is 2. The van der Waals surface area contributed by atoms with Gasteiger partial charge in [0, 0.05) is 0 Å². The van der Waals surface area contributed by atoms with Crippen LogP contribution in [0.4, 0.5) is 9.59 Å². The molecule has 0 fully saturated rings. The molecule has 0 spiro atoms. The van der Waals surface area contributed by atoms with Crippen LogP contribution in [0, 0.1) is 0 Å². The SMILES string of the molecule is CC(C)(CCC(C)(C)OC(=O)Oc1ccccc1)OC(=O)Oc1ccccc1. The Balaban J connectivity index is 1.80. The Bertz CT molecular complexity index is 701. The molecule has 0 atom stereocenters. The molecule has 0 unspecified atom stereocenters. The Morgan fingerprint density at radius 1 is 0.643 bits per heavy atom. The van der Waals surface area contributed by atoms with Crippen LogP contribution in [0.2, 0.25) is 0 Å². The zero-order valence-electron chi connectivity index (χ0n) is 16.6. The van der Waals surface area contributed by atoms with E-state index in [4.69, 9.17) is 18.9 Å². The third-order valence-electron chi connectivity index (χ3n) is 3.94. The van der Waals surface area contributed by atoms with Gasteiger partial charge in [-0.05, 0) is 64.8 Å². The zero-order chi connectivity index (χ0) is 20.6. The van der Waals surface area contributed by atoms with Crippen LogP contribution in [0.1, 0.15) is 40.5 Å². The minimum atomic E-state index is -0.796. The summed E-state index contributed by atoms with van der Waals surface area (Å²) in [7, 11) is 0. The fourth-order valence-corrected chi connectivity index (χ4v) is 2.37. The van der Waals surface area contributed by atoms with E-state index in [0.717, 1.165) is 0 Å². The van der Waals surface area contributed by atoms with Crippen molar-refractivity contribution in [2.45, 2.75) is 51.7 Å². The lowest BCUT2D eigenvalue weighted by molar-refractivity contribution is -0.0312. The predicted molar refractivity (Wildman–Crippen MR) is 104 cm³/mol. The average Bonchev–Trinajstić information content (AvgIpc) is 2.61. The summed E-state index contributed by atoms with van der Waals surface area (Å²) in [6.45, 7) is 7.10. The second-order valence-electron chi connectivity index (χ2n) is 7.55. The molecule has 6 heteroatoms. The molecule has 0 heterocycles. The first-order valence-electron chi connectivity index (χ1n) is 9.07. The molecule has 0 bridgehead atoms. The molecule has 0 N–H and O–H groups in total. The molecule has 0 aromatic heterocycles. The van der Waals surface area contributed by atoms with Crippen molar-refractivity contribution >= 4 is 12.3 Å². The summed E-state index contributed by atoms with van der Waals surface area (Å²) in [6.07, 6.45) is -0.637. The van der Waals surface area contributed by atoms with E-state index in [-0.39, 0.29) is 0 Å². The van der Waals surface area contributed by atoms with Crippen LogP contribution < -0.4 is 9.47 Å². The van der Waals surface area contributed by atoms with E-state index < -0.39 is 23.5 Å². The molecular formula is C22H26O6. The third-order valence-corrected chi connectivity index (χ3v) is 3.94. The van der Waals surface area contributed by atoms with E-state index in [1.807, 2.05) is 12.1 Å². The van der Waals surface area contributed by atoms with Crippen LogP contribution in [0.25, 0.3) is 0 Å². The standard InChI is InChI=1S/C22H26O6/c1-21(2,27-19(23)25-17-11-7-5-8-12-17)15-16-22(3,4)28-20(24)26-18-13-9-6-10-14-18/h5-14H,15-16H2,1-4H3. The highest BCUT2D eigenvalue weighted by Crippen LogP contribution is 2.26. The first-order valence-corrected chi connectivity index (χ1v) is 9.07. The van der Waals surface area contributed by atoms with Gasteiger partial charge in [-0.3, -0.25) is 0 Å². The maximum absolute atomic E-state index is 12.0.